The Balaban J connectivity index is 2.11. The van der Waals surface area contributed by atoms with Crippen molar-refractivity contribution in [3.05, 3.63) is 54.2 Å². The molecule has 0 radical (unpaired) electrons. The Kier molecular flexibility index (Phi) is 5.67. The van der Waals surface area contributed by atoms with Crippen LogP contribution in [0.1, 0.15) is 22.4 Å². The third-order valence-electron chi connectivity index (χ3n) is 2.75. The molecule has 0 aliphatic rings. The number of hydrogen-bond donors (Lipinski definition) is 1. The van der Waals surface area contributed by atoms with E-state index in [1.165, 1.54) is 25.6 Å². The number of furan rings is 1. The minimum atomic E-state index is -1.16. The first-order valence-corrected chi connectivity index (χ1v) is 6.64. The van der Waals surface area contributed by atoms with Crippen molar-refractivity contribution in [2.24, 2.45) is 0 Å². The maximum atomic E-state index is 12.2. The molecule has 0 aliphatic carbocycles. The summed E-state index contributed by atoms with van der Waals surface area (Å²) < 4.78 is 15.1. The summed E-state index contributed by atoms with van der Waals surface area (Å²) in [6.07, 6.45) is 1.71. The number of ether oxygens (including phenoxy) is 2. The van der Waals surface area contributed by atoms with E-state index < -0.39 is 18.0 Å². The van der Waals surface area contributed by atoms with E-state index in [0.717, 1.165) is 0 Å². The highest BCUT2D eigenvalue weighted by Crippen LogP contribution is 2.17. The zero-order valence-corrected chi connectivity index (χ0v) is 12.0. The summed E-state index contributed by atoms with van der Waals surface area (Å²) in [6, 6.07) is 8.04. The molecule has 0 fully saturated rings. The van der Waals surface area contributed by atoms with E-state index >= 15 is 0 Å². The molecule has 7 heteroatoms. The van der Waals surface area contributed by atoms with Crippen LogP contribution in [-0.2, 0) is 14.3 Å². The van der Waals surface area contributed by atoms with Crippen LogP contribution in [0, 0.1) is 0 Å². The van der Waals surface area contributed by atoms with E-state index in [1.54, 1.807) is 24.3 Å². The van der Waals surface area contributed by atoms with Crippen LogP contribution in [0.3, 0.4) is 0 Å². The molecule has 7 nitrogen and oxygen atoms in total. The van der Waals surface area contributed by atoms with Gasteiger partial charge in [0.25, 0.3) is 5.91 Å². The number of amides is 1. The van der Waals surface area contributed by atoms with Crippen LogP contribution in [-0.4, -0.2) is 37.1 Å². The van der Waals surface area contributed by atoms with Gasteiger partial charge in [0.1, 0.15) is 0 Å². The normalized spacial score (nSPS) is 11.7. The van der Waals surface area contributed by atoms with E-state index in [0.29, 0.717) is 18.8 Å². The summed E-state index contributed by atoms with van der Waals surface area (Å²) in [6.45, 7) is 0.657. The van der Waals surface area contributed by atoms with Gasteiger partial charge in [-0.05, 0) is 24.3 Å². The largest absolute Gasteiger partial charge is 0.457 e. The molecule has 1 amide bonds. The van der Waals surface area contributed by atoms with E-state index in [-0.39, 0.29) is 5.76 Å². The minimum absolute atomic E-state index is 0.0191. The zero-order chi connectivity index (χ0) is 15.8. The van der Waals surface area contributed by atoms with Crippen LogP contribution < -0.4 is 5.32 Å². The molecule has 1 atom stereocenters. The first-order valence-electron chi connectivity index (χ1n) is 6.64. The average Bonchev–Trinajstić information content (AvgIpc) is 3.08. The Labute approximate surface area is 127 Å². The lowest BCUT2D eigenvalue weighted by Crippen LogP contribution is -2.34. The van der Waals surface area contributed by atoms with Crippen molar-refractivity contribution in [1.82, 2.24) is 10.3 Å². The van der Waals surface area contributed by atoms with Crippen molar-refractivity contribution < 1.29 is 23.5 Å². The van der Waals surface area contributed by atoms with Gasteiger partial charge in [-0.15, -0.1) is 0 Å². The molecule has 22 heavy (non-hydrogen) atoms. The van der Waals surface area contributed by atoms with E-state index in [9.17, 15) is 9.59 Å². The fourth-order valence-electron chi connectivity index (χ4n) is 1.71. The number of hydrogen-bond acceptors (Lipinski definition) is 6. The van der Waals surface area contributed by atoms with Gasteiger partial charge >= 0.3 is 5.97 Å². The number of pyridine rings is 1. The van der Waals surface area contributed by atoms with Crippen LogP contribution in [0.15, 0.2) is 47.2 Å². The lowest BCUT2D eigenvalue weighted by molar-refractivity contribution is -0.130. The predicted octanol–water partition coefficient (Wildman–Crippen LogP) is 1.34. The molecule has 0 saturated carbocycles. The van der Waals surface area contributed by atoms with Gasteiger partial charge in [-0.1, -0.05) is 6.07 Å². The van der Waals surface area contributed by atoms with Crippen molar-refractivity contribution in [3.63, 3.8) is 0 Å². The second-order valence-electron chi connectivity index (χ2n) is 4.30. The molecule has 116 valence electrons. The van der Waals surface area contributed by atoms with Gasteiger partial charge < -0.3 is 19.2 Å². The van der Waals surface area contributed by atoms with Gasteiger partial charge in [-0.2, -0.15) is 0 Å². The Morgan fingerprint density at radius 3 is 2.82 bits per heavy atom. The molecule has 2 heterocycles. The van der Waals surface area contributed by atoms with Crippen LogP contribution in [0.5, 0.6) is 0 Å². The fraction of sp³-hybridized carbons (Fsp3) is 0.267. The minimum Gasteiger partial charge on any atom is -0.457 e. The maximum absolute atomic E-state index is 12.2. The summed E-state index contributed by atoms with van der Waals surface area (Å²) in [5.74, 6) is -1.19. The Hall–Kier alpha value is -2.67. The standard InChI is InChI=1S/C15H16N2O5/c1-20-10-8-17-14(18)13(11-5-2-3-7-16-11)22-15(19)12-6-4-9-21-12/h2-7,9,13H,8,10H2,1H3,(H,17,18). The third kappa shape index (κ3) is 4.16. The summed E-state index contributed by atoms with van der Waals surface area (Å²) in [5.41, 5.74) is 0.331. The van der Waals surface area contributed by atoms with Gasteiger partial charge in [-0.25, -0.2) is 4.79 Å². The van der Waals surface area contributed by atoms with Crippen LogP contribution >= 0.6 is 0 Å². The van der Waals surface area contributed by atoms with E-state index in [4.69, 9.17) is 13.9 Å². The molecule has 2 rings (SSSR count). The Morgan fingerprint density at radius 1 is 1.32 bits per heavy atom. The number of esters is 1. The number of aromatic nitrogens is 1. The average molecular weight is 304 g/mol. The lowest BCUT2D eigenvalue weighted by atomic mass is 10.2. The Morgan fingerprint density at radius 2 is 2.18 bits per heavy atom. The highest BCUT2D eigenvalue weighted by Gasteiger charge is 2.27. The van der Waals surface area contributed by atoms with Crippen molar-refractivity contribution >= 4 is 11.9 Å². The molecule has 2 aromatic rings. The summed E-state index contributed by atoms with van der Waals surface area (Å²) in [4.78, 5) is 28.2. The molecule has 0 aromatic carbocycles. The maximum Gasteiger partial charge on any atom is 0.375 e. The van der Waals surface area contributed by atoms with Crippen molar-refractivity contribution in [1.29, 1.82) is 0 Å². The summed E-state index contributed by atoms with van der Waals surface area (Å²) in [7, 11) is 1.53. The number of methoxy groups -OCH3 is 1. The van der Waals surface area contributed by atoms with Gasteiger partial charge in [-0.3, -0.25) is 9.78 Å². The number of nitrogens with zero attached hydrogens (tertiary/aromatic N) is 1. The molecule has 0 saturated heterocycles. The highest BCUT2D eigenvalue weighted by molar-refractivity contribution is 5.90. The van der Waals surface area contributed by atoms with Crippen molar-refractivity contribution in [2.45, 2.75) is 6.10 Å². The van der Waals surface area contributed by atoms with Crippen molar-refractivity contribution in [2.75, 3.05) is 20.3 Å². The summed E-state index contributed by atoms with van der Waals surface area (Å²) in [5, 5.41) is 2.62. The molecule has 1 unspecified atom stereocenters. The second-order valence-corrected chi connectivity index (χ2v) is 4.30. The lowest BCUT2D eigenvalue weighted by Gasteiger charge is -2.16. The molecule has 0 aliphatic heterocycles. The third-order valence-corrected chi connectivity index (χ3v) is 2.75. The van der Waals surface area contributed by atoms with Gasteiger partial charge in [0, 0.05) is 19.9 Å². The zero-order valence-electron chi connectivity index (χ0n) is 12.0. The van der Waals surface area contributed by atoms with Gasteiger partial charge in [0.05, 0.1) is 18.6 Å². The smallest absolute Gasteiger partial charge is 0.375 e. The molecular formula is C15H16N2O5. The number of carbonyl (C=O) groups is 2. The second kappa shape index (κ2) is 7.94. The van der Waals surface area contributed by atoms with Crippen LogP contribution in [0.2, 0.25) is 0 Å². The molecular weight excluding hydrogens is 288 g/mol. The number of nitrogens with one attached hydrogen (secondary N) is 1. The van der Waals surface area contributed by atoms with Crippen LogP contribution in [0.25, 0.3) is 0 Å². The monoisotopic (exact) mass is 304 g/mol. The van der Waals surface area contributed by atoms with E-state index in [1.807, 2.05) is 0 Å². The first kappa shape index (κ1) is 15.7. The van der Waals surface area contributed by atoms with Crippen molar-refractivity contribution in [3.8, 4) is 0 Å². The van der Waals surface area contributed by atoms with Gasteiger partial charge in [0.2, 0.25) is 11.9 Å². The fourth-order valence-corrected chi connectivity index (χ4v) is 1.71. The molecule has 0 spiro atoms. The van der Waals surface area contributed by atoms with E-state index in [2.05, 4.69) is 10.3 Å². The molecule has 0 bridgehead atoms. The quantitative estimate of drug-likeness (QED) is 0.613. The highest BCUT2D eigenvalue weighted by atomic mass is 16.6. The van der Waals surface area contributed by atoms with Crippen LogP contribution in [0.4, 0.5) is 0 Å². The molecule has 2 aromatic heterocycles. The topological polar surface area (TPSA) is 90.7 Å². The SMILES string of the molecule is COCCNC(=O)C(OC(=O)c1ccco1)c1ccccn1. The first-order chi connectivity index (χ1) is 10.7. The number of carbonyl (C=O) groups excluding carboxylic acids is 2. The van der Waals surface area contributed by atoms with Gasteiger partial charge in [0.15, 0.2) is 0 Å². The Bertz CT molecular complexity index is 598. The summed E-state index contributed by atoms with van der Waals surface area (Å²) >= 11 is 0. The predicted molar refractivity (Wildman–Crippen MR) is 76.0 cm³/mol. The number of rotatable bonds is 7. The molecule has 1 N–H and O–H groups in total.